The quantitative estimate of drug-likeness (QED) is 0.680. The van der Waals surface area contributed by atoms with E-state index >= 15 is 0 Å². The number of aromatic nitrogens is 1. The number of carbonyl (C=O) groups excluding carboxylic acids is 2. The van der Waals surface area contributed by atoms with Crippen LogP contribution in [0, 0.1) is 5.92 Å². The molecule has 9 heteroatoms. The Bertz CT molecular complexity index is 922. The number of fused-ring (bicyclic) bond motifs is 1. The van der Waals surface area contributed by atoms with Crippen LogP contribution in [0.25, 0.3) is 0 Å². The number of rotatable bonds is 6. The van der Waals surface area contributed by atoms with Gasteiger partial charge in [0, 0.05) is 18.0 Å². The average molecular weight is 429 g/mol. The van der Waals surface area contributed by atoms with Gasteiger partial charge in [-0.2, -0.15) is 0 Å². The summed E-state index contributed by atoms with van der Waals surface area (Å²) in [6.45, 7) is 2.51. The van der Waals surface area contributed by atoms with Crippen LogP contribution in [0.2, 0.25) is 0 Å². The molecule has 1 unspecified atom stereocenters. The first-order chi connectivity index (χ1) is 14.6. The van der Waals surface area contributed by atoms with E-state index in [4.69, 9.17) is 15.2 Å². The number of carbonyl (C=O) groups is 2. The normalized spacial score (nSPS) is 18.0. The summed E-state index contributed by atoms with van der Waals surface area (Å²) in [5.41, 5.74) is 6.08. The van der Waals surface area contributed by atoms with Gasteiger partial charge in [0.15, 0.2) is 11.5 Å². The van der Waals surface area contributed by atoms with Crippen LogP contribution >= 0.6 is 11.8 Å². The number of nitrogens with two attached hydrogens (primary N) is 1. The number of hydrogen-bond donors (Lipinski definition) is 2. The van der Waals surface area contributed by atoms with Crippen molar-refractivity contribution >= 4 is 35.1 Å². The number of benzene rings is 1. The molecule has 2 aliphatic rings. The Labute approximate surface area is 179 Å². The molecule has 2 aliphatic heterocycles. The fraction of sp³-hybridized carbons (Fsp3) is 0.381. The first-order valence-corrected chi connectivity index (χ1v) is 10.9. The van der Waals surface area contributed by atoms with Gasteiger partial charge in [0.2, 0.25) is 11.8 Å². The number of hydrogen-bond acceptors (Lipinski definition) is 7. The number of nitrogens with one attached hydrogen (secondary N) is 1. The number of pyridine rings is 1. The fourth-order valence-corrected chi connectivity index (χ4v) is 4.25. The lowest BCUT2D eigenvalue weighted by Gasteiger charge is -2.32. The second-order valence-electron chi connectivity index (χ2n) is 7.23. The van der Waals surface area contributed by atoms with Crippen molar-refractivity contribution in [1.29, 1.82) is 0 Å². The summed E-state index contributed by atoms with van der Waals surface area (Å²) < 4.78 is 11.1. The van der Waals surface area contributed by atoms with E-state index in [0.29, 0.717) is 31.2 Å². The van der Waals surface area contributed by atoms with E-state index in [-0.39, 0.29) is 23.5 Å². The highest BCUT2D eigenvalue weighted by atomic mass is 32.2. The van der Waals surface area contributed by atoms with Crippen molar-refractivity contribution in [3.8, 4) is 11.5 Å². The predicted molar refractivity (Wildman–Crippen MR) is 115 cm³/mol. The van der Waals surface area contributed by atoms with Gasteiger partial charge in [0.25, 0.3) is 0 Å². The van der Waals surface area contributed by atoms with Gasteiger partial charge in [-0.1, -0.05) is 0 Å². The number of thioether (sulfide) groups is 1. The van der Waals surface area contributed by atoms with E-state index in [0.717, 1.165) is 35.8 Å². The zero-order valence-corrected chi connectivity index (χ0v) is 17.3. The molecule has 30 heavy (non-hydrogen) atoms. The van der Waals surface area contributed by atoms with E-state index in [1.807, 2.05) is 30.3 Å². The van der Waals surface area contributed by atoms with Gasteiger partial charge in [-0.15, -0.1) is 11.8 Å². The van der Waals surface area contributed by atoms with Crippen molar-refractivity contribution in [2.24, 2.45) is 11.7 Å². The summed E-state index contributed by atoms with van der Waals surface area (Å²) in [6, 6.07) is 9.34. The van der Waals surface area contributed by atoms with E-state index in [1.54, 1.807) is 6.20 Å². The molecule has 3 N–H and O–H groups in total. The Balaban J connectivity index is 1.29. The van der Waals surface area contributed by atoms with Crippen LogP contribution in [-0.4, -0.2) is 48.9 Å². The molecule has 158 valence electrons. The number of amides is 2. The van der Waals surface area contributed by atoms with Gasteiger partial charge in [-0.05, 0) is 43.2 Å². The minimum Gasteiger partial charge on any atom is -0.486 e. The SMILES string of the molecule is NC(=O)C1CCCN(c2ccc(NC(=O)CSc3ccc4c(c3)OCCO4)cn2)C1. The van der Waals surface area contributed by atoms with Gasteiger partial charge in [0.1, 0.15) is 19.0 Å². The summed E-state index contributed by atoms with van der Waals surface area (Å²) in [7, 11) is 0. The molecule has 0 spiro atoms. The van der Waals surface area contributed by atoms with Crippen LogP contribution in [0.3, 0.4) is 0 Å². The van der Waals surface area contributed by atoms with Crippen molar-refractivity contribution in [2.45, 2.75) is 17.7 Å². The van der Waals surface area contributed by atoms with Crippen LogP contribution in [0.4, 0.5) is 11.5 Å². The first-order valence-electron chi connectivity index (χ1n) is 9.91. The standard InChI is InChI=1S/C21H24N4O4S/c22-21(27)14-2-1-7-25(12-14)19-6-3-15(11-23-19)24-20(26)13-30-16-4-5-17-18(10-16)29-9-8-28-17/h3-6,10-11,14H,1-2,7-9,12-13H2,(H2,22,27)(H,24,26). The van der Waals surface area contributed by atoms with Crippen LogP contribution < -0.4 is 25.4 Å². The third-order valence-electron chi connectivity index (χ3n) is 5.06. The zero-order chi connectivity index (χ0) is 20.9. The molecule has 3 heterocycles. The molecule has 0 saturated carbocycles. The van der Waals surface area contributed by atoms with E-state index in [2.05, 4.69) is 15.2 Å². The van der Waals surface area contributed by atoms with Crippen LogP contribution in [0.5, 0.6) is 11.5 Å². The molecule has 8 nitrogen and oxygen atoms in total. The molecule has 2 amide bonds. The number of piperidine rings is 1. The largest absolute Gasteiger partial charge is 0.486 e. The fourth-order valence-electron chi connectivity index (χ4n) is 3.52. The second kappa shape index (κ2) is 9.25. The van der Waals surface area contributed by atoms with Crippen molar-refractivity contribution in [3.63, 3.8) is 0 Å². The lowest BCUT2D eigenvalue weighted by molar-refractivity contribution is -0.122. The lowest BCUT2D eigenvalue weighted by atomic mass is 9.97. The monoisotopic (exact) mass is 428 g/mol. The Hall–Kier alpha value is -2.94. The number of primary amides is 1. The molecule has 1 atom stereocenters. The Morgan fingerprint density at radius 3 is 2.80 bits per heavy atom. The van der Waals surface area contributed by atoms with Crippen LogP contribution in [-0.2, 0) is 9.59 Å². The molecule has 1 aromatic heterocycles. The van der Waals surface area contributed by atoms with Crippen molar-refractivity contribution in [2.75, 3.05) is 42.3 Å². The molecular formula is C21H24N4O4S. The maximum Gasteiger partial charge on any atom is 0.234 e. The van der Waals surface area contributed by atoms with E-state index in [9.17, 15) is 9.59 Å². The van der Waals surface area contributed by atoms with Gasteiger partial charge in [-0.3, -0.25) is 9.59 Å². The van der Waals surface area contributed by atoms with E-state index < -0.39 is 0 Å². The minimum atomic E-state index is -0.265. The van der Waals surface area contributed by atoms with Gasteiger partial charge in [-0.25, -0.2) is 4.98 Å². The summed E-state index contributed by atoms with van der Waals surface area (Å²) in [6.07, 6.45) is 3.36. The zero-order valence-electron chi connectivity index (χ0n) is 16.5. The maximum atomic E-state index is 12.3. The Kier molecular flexibility index (Phi) is 6.27. The number of ether oxygens (including phenoxy) is 2. The Morgan fingerprint density at radius 1 is 1.20 bits per heavy atom. The average Bonchev–Trinajstić information content (AvgIpc) is 2.78. The predicted octanol–water partition coefficient (Wildman–Crippen LogP) is 2.29. The molecule has 0 bridgehead atoms. The molecule has 1 aromatic carbocycles. The van der Waals surface area contributed by atoms with Crippen LogP contribution in [0.1, 0.15) is 12.8 Å². The highest BCUT2D eigenvalue weighted by Gasteiger charge is 2.24. The molecule has 2 aromatic rings. The first kappa shape index (κ1) is 20.3. The Morgan fingerprint density at radius 2 is 2.03 bits per heavy atom. The van der Waals surface area contributed by atoms with Crippen molar-refractivity contribution in [1.82, 2.24) is 4.98 Å². The molecule has 0 radical (unpaired) electrons. The molecule has 0 aliphatic carbocycles. The maximum absolute atomic E-state index is 12.3. The smallest absolute Gasteiger partial charge is 0.234 e. The van der Waals surface area contributed by atoms with Crippen molar-refractivity contribution < 1.29 is 19.1 Å². The van der Waals surface area contributed by atoms with Gasteiger partial charge < -0.3 is 25.4 Å². The highest BCUT2D eigenvalue weighted by molar-refractivity contribution is 8.00. The van der Waals surface area contributed by atoms with Crippen molar-refractivity contribution in [3.05, 3.63) is 36.5 Å². The highest BCUT2D eigenvalue weighted by Crippen LogP contribution is 2.34. The summed E-state index contributed by atoms with van der Waals surface area (Å²) in [4.78, 5) is 31.2. The summed E-state index contributed by atoms with van der Waals surface area (Å²) in [5.74, 6) is 1.98. The number of nitrogens with zero attached hydrogens (tertiary/aromatic N) is 2. The molecule has 1 saturated heterocycles. The molecule has 1 fully saturated rings. The summed E-state index contributed by atoms with van der Waals surface area (Å²) in [5, 5.41) is 2.86. The van der Waals surface area contributed by atoms with Gasteiger partial charge in [0.05, 0.1) is 23.6 Å². The topological polar surface area (TPSA) is 107 Å². The third kappa shape index (κ3) is 4.96. The van der Waals surface area contributed by atoms with Gasteiger partial charge >= 0.3 is 0 Å². The minimum absolute atomic E-state index is 0.115. The number of anilines is 2. The molecular weight excluding hydrogens is 404 g/mol. The lowest BCUT2D eigenvalue weighted by Crippen LogP contribution is -2.41. The van der Waals surface area contributed by atoms with E-state index in [1.165, 1.54) is 11.8 Å². The van der Waals surface area contributed by atoms with Crippen LogP contribution in [0.15, 0.2) is 41.4 Å². The second-order valence-corrected chi connectivity index (χ2v) is 8.28. The third-order valence-corrected chi connectivity index (χ3v) is 6.06. The molecule has 4 rings (SSSR count). The summed E-state index contributed by atoms with van der Waals surface area (Å²) >= 11 is 1.43.